The first-order valence-corrected chi connectivity index (χ1v) is 9.45. The van der Waals surface area contributed by atoms with Gasteiger partial charge in [0.2, 0.25) is 5.91 Å². The van der Waals surface area contributed by atoms with Gasteiger partial charge in [-0.1, -0.05) is 29.4 Å². The molecular weight excluding hydrogens is 356 g/mol. The average molecular weight is 375 g/mol. The summed E-state index contributed by atoms with van der Waals surface area (Å²) in [6, 6.07) is 7.94. The van der Waals surface area contributed by atoms with Crippen molar-refractivity contribution in [1.82, 2.24) is 14.9 Å². The molecule has 1 N–H and O–H groups in total. The average Bonchev–Trinajstić information content (AvgIpc) is 3.35. The van der Waals surface area contributed by atoms with Gasteiger partial charge in [0.05, 0.1) is 17.5 Å². The van der Waals surface area contributed by atoms with Crippen LogP contribution in [0, 0.1) is 24.2 Å². The molecule has 1 saturated carbocycles. The Bertz CT molecular complexity index is 840. The van der Waals surface area contributed by atoms with Gasteiger partial charge in [-0.15, -0.1) is 0 Å². The van der Waals surface area contributed by atoms with Gasteiger partial charge in [-0.25, -0.2) is 4.98 Å². The summed E-state index contributed by atoms with van der Waals surface area (Å²) in [6.45, 7) is 3.75. The number of hydrogen-bond donors (Lipinski definition) is 1. The topological polar surface area (TPSA) is 70.7 Å². The van der Waals surface area contributed by atoms with Crippen LogP contribution in [0.25, 0.3) is 5.69 Å². The van der Waals surface area contributed by atoms with Crippen LogP contribution in [-0.2, 0) is 4.79 Å². The molecule has 0 unspecified atom stereocenters. The van der Waals surface area contributed by atoms with Gasteiger partial charge in [-0.3, -0.25) is 9.36 Å². The van der Waals surface area contributed by atoms with Crippen LogP contribution in [0.15, 0.2) is 35.7 Å². The van der Waals surface area contributed by atoms with Crippen LogP contribution in [0.5, 0.6) is 0 Å². The Balaban J connectivity index is 1.69. The SMILES string of the molecule is Cc1c(Cl)cccc1-n1ccnc1SCC(=O)N[C@](C)(C#N)C1CC1. The highest BCUT2D eigenvalue weighted by molar-refractivity contribution is 7.99. The number of halogens is 1. The van der Waals surface area contributed by atoms with Crippen LogP contribution in [0.3, 0.4) is 0 Å². The van der Waals surface area contributed by atoms with E-state index in [1.807, 2.05) is 35.9 Å². The number of nitrogens with one attached hydrogen (secondary N) is 1. The third kappa shape index (κ3) is 3.83. The number of rotatable bonds is 6. The minimum absolute atomic E-state index is 0.154. The molecule has 1 fully saturated rings. The normalized spacial score (nSPS) is 16.1. The molecule has 0 bridgehead atoms. The smallest absolute Gasteiger partial charge is 0.231 e. The standard InChI is InChI=1S/C18H19ClN4OS/c1-12-14(19)4-3-5-15(12)23-9-8-21-17(23)25-10-16(24)22-18(2,11-20)13-6-7-13/h3-5,8-9,13H,6-7,10H2,1-2H3,(H,22,24)/t18-/m1/s1. The summed E-state index contributed by atoms with van der Waals surface area (Å²) < 4.78 is 1.92. The minimum atomic E-state index is -0.767. The van der Waals surface area contributed by atoms with Crippen molar-refractivity contribution in [3.63, 3.8) is 0 Å². The Labute approximate surface area is 156 Å². The molecule has 1 aliphatic carbocycles. The van der Waals surface area contributed by atoms with E-state index in [1.165, 1.54) is 11.8 Å². The first-order chi connectivity index (χ1) is 11.9. The molecule has 0 saturated heterocycles. The number of amides is 1. The molecule has 25 heavy (non-hydrogen) atoms. The first-order valence-electron chi connectivity index (χ1n) is 8.08. The molecule has 1 amide bonds. The highest BCUT2D eigenvalue weighted by Crippen LogP contribution is 2.39. The van der Waals surface area contributed by atoms with Crippen LogP contribution in [0.1, 0.15) is 25.3 Å². The number of imidazole rings is 1. The Morgan fingerprint density at radius 3 is 3.00 bits per heavy atom. The van der Waals surface area contributed by atoms with Crippen molar-refractivity contribution < 1.29 is 4.79 Å². The number of hydrogen-bond acceptors (Lipinski definition) is 4. The second-order valence-electron chi connectivity index (χ2n) is 6.39. The Morgan fingerprint density at radius 1 is 1.56 bits per heavy atom. The third-order valence-corrected chi connectivity index (χ3v) is 5.84. The van der Waals surface area contributed by atoms with Crippen molar-refractivity contribution in [2.75, 3.05) is 5.75 Å². The molecule has 7 heteroatoms. The van der Waals surface area contributed by atoms with E-state index in [-0.39, 0.29) is 17.6 Å². The number of benzene rings is 1. The maximum atomic E-state index is 12.3. The second-order valence-corrected chi connectivity index (χ2v) is 7.74. The van der Waals surface area contributed by atoms with Crippen molar-refractivity contribution >= 4 is 29.3 Å². The monoisotopic (exact) mass is 374 g/mol. The lowest BCUT2D eigenvalue weighted by Crippen LogP contribution is -2.47. The zero-order valence-corrected chi connectivity index (χ0v) is 15.7. The van der Waals surface area contributed by atoms with Crippen molar-refractivity contribution in [3.05, 3.63) is 41.2 Å². The molecule has 130 valence electrons. The van der Waals surface area contributed by atoms with Gasteiger partial charge in [-0.2, -0.15) is 5.26 Å². The van der Waals surface area contributed by atoms with Gasteiger partial charge in [0.25, 0.3) is 0 Å². The van der Waals surface area contributed by atoms with Crippen molar-refractivity contribution in [2.45, 2.75) is 37.4 Å². The number of carbonyl (C=O) groups is 1. The fourth-order valence-electron chi connectivity index (χ4n) is 2.77. The van der Waals surface area contributed by atoms with E-state index in [9.17, 15) is 10.1 Å². The predicted molar refractivity (Wildman–Crippen MR) is 98.9 cm³/mol. The van der Waals surface area contributed by atoms with Gasteiger partial charge in [-0.05, 0) is 50.3 Å². The third-order valence-electron chi connectivity index (χ3n) is 4.46. The molecule has 2 aromatic rings. The Hall–Kier alpha value is -1.97. The van der Waals surface area contributed by atoms with Gasteiger partial charge in [0, 0.05) is 17.4 Å². The quantitative estimate of drug-likeness (QED) is 0.782. The van der Waals surface area contributed by atoms with Crippen LogP contribution in [0.4, 0.5) is 0 Å². The zero-order valence-electron chi connectivity index (χ0n) is 14.1. The molecular formula is C18H19ClN4OS. The molecule has 0 spiro atoms. The van der Waals surface area contributed by atoms with E-state index < -0.39 is 5.54 Å². The molecule has 1 atom stereocenters. The minimum Gasteiger partial charge on any atom is -0.337 e. The van der Waals surface area contributed by atoms with Crippen LogP contribution in [-0.4, -0.2) is 26.8 Å². The molecule has 5 nitrogen and oxygen atoms in total. The van der Waals surface area contributed by atoms with Gasteiger partial charge in [0.1, 0.15) is 5.54 Å². The van der Waals surface area contributed by atoms with E-state index in [4.69, 9.17) is 11.6 Å². The van der Waals surface area contributed by atoms with Crippen molar-refractivity contribution in [3.8, 4) is 11.8 Å². The molecule has 1 aromatic carbocycles. The second kappa shape index (κ2) is 7.11. The van der Waals surface area contributed by atoms with E-state index in [0.29, 0.717) is 10.2 Å². The number of carbonyl (C=O) groups excluding carboxylic acids is 1. The summed E-state index contributed by atoms with van der Waals surface area (Å²) >= 11 is 7.54. The molecule has 1 heterocycles. The maximum Gasteiger partial charge on any atom is 0.231 e. The Kier molecular flexibility index (Phi) is 5.07. The summed E-state index contributed by atoms with van der Waals surface area (Å²) in [5, 5.41) is 13.6. The van der Waals surface area contributed by atoms with E-state index >= 15 is 0 Å². The summed E-state index contributed by atoms with van der Waals surface area (Å²) in [5.74, 6) is 0.321. The van der Waals surface area contributed by atoms with Crippen LogP contribution < -0.4 is 5.32 Å². The summed E-state index contributed by atoms with van der Waals surface area (Å²) in [4.78, 5) is 16.6. The lowest BCUT2D eigenvalue weighted by atomic mass is 9.98. The van der Waals surface area contributed by atoms with E-state index in [2.05, 4.69) is 16.4 Å². The fourth-order valence-corrected chi connectivity index (χ4v) is 3.71. The summed E-state index contributed by atoms with van der Waals surface area (Å²) in [7, 11) is 0. The lowest BCUT2D eigenvalue weighted by molar-refractivity contribution is -0.119. The highest BCUT2D eigenvalue weighted by atomic mass is 35.5. The zero-order chi connectivity index (χ0) is 18.0. The molecule has 1 aromatic heterocycles. The van der Waals surface area contributed by atoms with E-state index in [0.717, 1.165) is 24.1 Å². The predicted octanol–water partition coefficient (Wildman–Crippen LogP) is 3.73. The van der Waals surface area contributed by atoms with Crippen LogP contribution >= 0.6 is 23.4 Å². The maximum absolute atomic E-state index is 12.3. The van der Waals surface area contributed by atoms with Gasteiger partial charge < -0.3 is 5.32 Å². The largest absolute Gasteiger partial charge is 0.337 e. The first kappa shape index (κ1) is 17.8. The molecule has 3 rings (SSSR count). The number of nitrogens with zero attached hydrogens (tertiary/aromatic N) is 3. The number of aromatic nitrogens is 2. The van der Waals surface area contributed by atoms with Gasteiger partial charge >= 0.3 is 0 Å². The number of nitriles is 1. The highest BCUT2D eigenvalue weighted by Gasteiger charge is 2.42. The summed E-state index contributed by atoms with van der Waals surface area (Å²) in [6.07, 6.45) is 5.54. The Morgan fingerprint density at radius 2 is 2.32 bits per heavy atom. The summed E-state index contributed by atoms with van der Waals surface area (Å²) in [5.41, 5.74) is 1.13. The van der Waals surface area contributed by atoms with Crippen molar-refractivity contribution in [1.29, 1.82) is 5.26 Å². The van der Waals surface area contributed by atoms with Crippen molar-refractivity contribution in [2.24, 2.45) is 5.92 Å². The molecule has 0 radical (unpaired) electrons. The van der Waals surface area contributed by atoms with Crippen LogP contribution in [0.2, 0.25) is 5.02 Å². The molecule has 0 aliphatic heterocycles. The fraction of sp³-hybridized carbons (Fsp3) is 0.389. The van der Waals surface area contributed by atoms with Gasteiger partial charge in [0.15, 0.2) is 5.16 Å². The lowest BCUT2D eigenvalue weighted by Gasteiger charge is -2.22. The number of thioether (sulfide) groups is 1. The van der Waals surface area contributed by atoms with E-state index in [1.54, 1.807) is 13.1 Å². The molecule has 1 aliphatic rings.